The summed E-state index contributed by atoms with van der Waals surface area (Å²) in [6.45, 7) is 9.69. The Balaban J connectivity index is 1.87. The summed E-state index contributed by atoms with van der Waals surface area (Å²) in [5.41, 5.74) is 0. The predicted octanol–water partition coefficient (Wildman–Crippen LogP) is 3.81. The van der Waals surface area contributed by atoms with E-state index in [0.717, 1.165) is 24.0 Å². The highest BCUT2D eigenvalue weighted by molar-refractivity contribution is 4.87. The van der Waals surface area contributed by atoms with Crippen molar-refractivity contribution in [3.05, 3.63) is 0 Å². The number of rotatable bonds is 5. The highest BCUT2D eigenvalue weighted by atomic mass is 15.2. The lowest BCUT2D eigenvalue weighted by Crippen LogP contribution is -2.54. The van der Waals surface area contributed by atoms with Crippen molar-refractivity contribution >= 4 is 0 Å². The van der Waals surface area contributed by atoms with E-state index in [1.807, 2.05) is 0 Å². The molecule has 2 aliphatic rings. The van der Waals surface area contributed by atoms with Gasteiger partial charge in [-0.3, -0.25) is 4.90 Å². The first-order valence-corrected chi connectivity index (χ1v) is 8.73. The summed E-state index contributed by atoms with van der Waals surface area (Å²) < 4.78 is 0. The molecule has 0 aromatic rings. The summed E-state index contributed by atoms with van der Waals surface area (Å²) in [4.78, 5) is 2.73. The van der Waals surface area contributed by atoms with Gasteiger partial charge in [-0.05, 0) is 38.5 Å². The van der Waals surface area contributed by atoms with Gasteiger partial charge in [-0.25, -0.2) is 0 Å². The Morgan fingerprint density at radius 2 is 1.79 bits per heavy atom. The molecule has 0 bridgehead atoms. The number of nitrogens with one attached hydrogen (secondary N) is 1. The standard InChI is InChI=1S/C17H34N2/c1-4-14(3)19-12-15(5-2)11-17(13-19)18-16-9-7-6-8-10-16/h14-18H,4-13H2,1-3H3. The Kier molecular flexibility index (Phi) is 6.15. The summed E-state index contributed by atoms with van der Waals surface area (Å²) in [6.07, 6.45) is 11.2. The van der Waals surface area contributed by atoms with Crippen LogP contribution in [0.3, 0.4) is 0 Å². The molecule has 1 aliphatic carbocycles. The molecule has 1 N–H and O–H groups in total. The van der Waals surface area contributed by atoms with Gasteiger partial charge in [0.2, 0.25) is 0 Å². The third-order valence-corrected chi connectivity index (χ3v) is 5.43. The van der Waals surface area contributed by atoms with E-state index >= 15 is 0 Å². The predicted molar refractivity (Wildman–Crippen MR) is 83.5 cm³/mol. The molecule has 2 heteroatoms. The molecule has 1 saturated heterocycles. The van der Waals surface area contributed by atoms with E-state index in [-0.39, 0.29) is 0 Å². The smallest absolute Gasteiger partial charge is 0.0200 e. The zero-order chi connectivity index (χ0) is 13.7. The highest BCUT2D eigenvalue weighted by Crippen LogP contribution is 2.25. The van der Waals surface area contributed by atoms with Gasteiger partial charge in [0.05, 0.1) is 0 Å². The molecule has 1 heterocycles. The maximum absolute atomic E-state index is 3.99. The zero-order valence-electron chi connectivity index (χ0n) is 13.3. The Morgan fingerprint density at radius 3 is 2.42 bits per heavy atom. The quantitative estimate of drug-likeness (QED) is 0.814. The lowest BCUT2D eigenvalue weighted by molar-refractivity contribution is 0.0934. The van der Waals surface area contributed by atoms with Gasteiger partial charge in [0.25, 0.3) is 0 Å². The molecular formula is C17H34N2. The van der Waals surface area contributed by atoms with Gasteiger partial charge in [0.15, 0.2) is 0 Å². The minimum atomic E-state index is 0.746. The number of likely N-dealkylation sites (tertiary alicyclic amines) is 1. The fourth-order valence-corrected chi connectivity index (χ4v) is 3.88. The van der Waals surface area contributed by atoms with E-state index in [1.54, 1.807) is 0 Å². The molecule has 1 aliphatic heterocycles. The van der Waals surface area contributed by atoms with Crippen LogP contribution in [0.5, 0.6) is 0 Å². The Morgan fingerprint density at radius 1 is 1.05 bits per heavy atom. The van der Waals surface area contributed by atoms with Crippen LogP contribution >= 0.6 is 0 Å². The fraction of sp³-hybridized carbons (Fsp3) is 1.00. The molecule has 0 spiro atoms. The summed E-state index contributed by atoms with van der Waals surface area (Å²) in [6, 6.07) is 2.31. The summed E-state index contributed by atoms with van der Waals surface area (Å²) in [5.74, 6) is 0.906. The van der Waals surface area contributed by atoms with E-state index in [0.29, 0.717) is 0 Å². The molecule has 19 heavy (non-hydrogen) atoms. The van der Waals surface area contributed by atoms with Crippen LogP contribution in [0.15, 0.2) is 0 Å². The lowest BCUT2D eigenvalue weighted by atomic mass is 9.88. The van der Waals surface area contributed by atoms with Crippen LogP contribution in [-0.4, -0.2) is 36.1 Å². The van der Waals surface area contributed by atoms with Crippen molar-refractivity contribution in [1.29, 1.82) is 0 Å². The summed E-state index contributed by atoms with van der Waals surface area (Å²) >= 11 is 0. The SMILES string of the molecule is CCC1CC(NC2CCCCC2)CN(C(C)CC)C1. The number of hydrogen-bond acceptors (Lipinski definition) is 2. The van der Waals surface area contributed by atoms with E-state index in [2.05, 4.69) is 31.0 Å². The van der Waals surface area contributed by atoms with Gasteiger partial charge >= 0.3 is 0 Å². The molecule has 2 rings (SSSR count). The maximum Gasteiger partial charge on any atom is 0.0200 e. The van der Waals surface area contributed by atoms with Gasteiger partial charge in [0.1, 0.15) is 0 Å². The maximum atomic E-state index is 3.99. The Bertz CT molecular complexity index is 246. The number of nitrogens with zero attached hydrogens (tertiary/aromatic N) is 1. The fourth-order valence-electron chi connectivity index (χ4n) is 3.88. The molecular weight excluding hydrogens is 232 g/mol. The van der Waals surface area contributed by atoms with Crippen molar-refractivity contribution in [2.45, 2.75) is 90.3 Å². The minimum absolute atomic E-state index is 0.746. The van der Waals surface area contributed by atoms with Gasteiger partial charge in [-0.1, -0.05) is 39.5 Å². The monoisotopic (exact) mass is 266 g/mol. The van der Waals surface area contributed by atoms with Crippen LogP contribution in [0.25, 0.3) is 0 Å². The number of piperidine rings is 1. The molecule has 1 saturated carbocycles. The van der Waals surface area contributed by atoms with E-state index in [4.69, 9.17) is 0 Å². The molecule has 3 unspecified atom stereocenters. The van der Waals surface area contributed by atoms with Crippen molar-refractivity contribution in [3.63, 3.8) is 0 Å². The third-order valence-electron chi connectivity index (χ3n) is 5.43. The average molecular weight is 266 g/mol. The summed E-state index contributed by atoms with van der Waals surface area (Å²) in [5, 5.41) is 3.99. The minimum Gasteiger partial charge on any atom is -0.310 e. The van der Waals surface area contributed by atoms with Gasteiger partial charge in [-0.15, -0.1) is 0 Å². The van der Waals surface area contributed by atoms with Crippen molar-refractivity contribution in [2.24, 2.45) is 5.92 Å². The largest absolute Gasteiger partial charge is 0.310 e. The van der Waals surface area contributed by atoms with Crippen LogP contribution in [0, 0.1) is 5.92 Å². The van der Waals surface area contributed by atoms with Crippen LogP contribution < -0.4 is 5.32 Å². The number of hydrogen-bond donors (Lipinski definition) is 1. The molecule has 2 fully saturated rings. The molecule has 3 atom stereocenters. The molecule has 0 amide bonds. The van der Waals surface area contributed by atoms with Crippen molar-refractivity contribution in [2.75, 3.05) is 13.1 Å². The van der Waals surface area contributed by atoms with Gasteiger partial charge in [0, 0.05) is 31.2 Å². The third kappa shape index (κ3) is 4.46. The second-order valence-corrected chi connectivity index (χ2v) is 6.92. The topological polar surface area (TPSA) is 15.3 Å². The second-order valence-electron chi connectivity index (χ2n) is 6.92. The first kappa shape index (κ1) is 15.3. The first-order valence-electron chi connectivity index (χ1n) is 8.73. The van der Waals surface area contributed by atoms with Crippen LogP contribution in [0.4, 0.5) is 0 Å². The summed E-state index contributed by atoms with van der Waals surface area (Å²) in [7, 11) is 0. The van der Waals surface area contributed by atoms with Crippen LogP contribution in [0.2, 0.25) is 0 Å². The molecule has 0 aromatic heterocycles. The molecule has 2 nitrogen and oxygen atoms in total. The lowest BCUT2D eigenvalue weighted by Gasteiger charge is -2.42. The van der Waals surface area contributed by atoms with E-state index in [9.17, 15) is 0 Å². The van der Waals surface area contributed by atoms with Gasteiger partial charge in [-0.2, -0.15) is 0 Å². The Hall–Kier alpha value is -0.0800. The van der Waals surface area contributed by atoms with Gasteiger partial charge < -0.3 is 5.32 Å². The van der Waals surface area contributed by atoms with Crippen molar-refractivity contribution in [1.82, 2.24) is 10.2 Å². The second kappa shape index (κ2) is 7.64. The van der Waals surface area contributed by atoms with Crippen LogP contribution in [-0.2, 0) is 0 Å². The van der Waals surface area contributed by atoms with Crippen LogP contribution in [0.1, 0.15) is 72.1 Å². The zero-order valence-corrected chi connectivity index (χ0v) is 13.3. The molecule has 0 aromatic carbocycles. The Labute approximate surface area is 120 Å². The molecule has 0 radical (unpaired) electrons. The van der Waals surface area contributed by atoms with E-state index < -0.39 is 0 Å². The normalized spacial score (nSPS) is 32.4. The van der Waals surface area contributed by atoms with E-state index in [1.165, 1.54) is 64.5 Å². The highest BCUT2D eigenvalue weighted by Gasteiger charge is 2.29. The van der Waals surface area contributed by atoms with Crippen molar-refractivity contribution in [3.8, 4) is 0 Å². The van der Waals surface area contributed by atoms with Crippen molar-refractivity contribution < 1.29 is 0 Å². The average Bonchev–Trinajstić information content (AvgIpc) is 2.47. The molecule has 112 valence electrons. The first-order chi connectivity index (χ1) is 9.22.